The number of alkyl halides is 3. The molecule has 1 aromatic carbocycles. The van der Waals surface area contributed by atoms with Gasteiger partial charge in [-0.3, -0.25) is 9.69 Å². The van der Waals surface area contributed by atoms with Crippen LogP contribution in [0.3, 0.4) is 0 Å². The van der Waals surface area contributed by atoms with Crippen LogP contribution in [0.5, 0.6) is 0 Å². The van der Waals surface area contributed by atoms with Gasteiger partial charge in [0.15, 0.2) is 0 Å². The largest absolute Gasteiger partial charge is 0.465 e. The lowest BCUT2D eigenvalue weighted by atomic mass is 10.1. The fourth-order valence-electron chi connectivity index (χ4n) is 2.29. The van der Waals surface area contributed by atoms with Crippen LogP contribution < -0.4 is 0 Å². The van der Waals surface area contributed by atoms with Gasteiger partial charge in [-0.05, 0) is 30.8 Å². The zero-order chi connectivity index (χ0) is 17.7. The Morgan fingerprint density at radius 2 is 1.74 bits per heavy atom. The topological polar surface area (TPSA) is 29.5 Å². The van der Waals surface area contributed by atoms with Gasteiger partial charge in [0.25, 0.3) is 0 Å². The van der Waals surface area contributed by atoms with Crippen molar-refractivity contribution in [3.8, 4) is 0 Å². The number of hydrogen-bond donors (Lipinski definition) is 0. The standard InChI is InChI=1S/C16H24F3NO2Si/c1-5-22-15(21)11-20(12-23(2,3)4)10-13-6-8-14(9-7-13)16(17,18)19/h6-9H,5,10-12H2,1-4H3. The van der Waals surface area contributed by atoms with E-state index in [2.05, 4.69) is 19.6 Å². The van der Waals surface area contributed by atoms with E-state index in [1.165, 1.54) is 12.1 Å². The molecular formula is C16H24F3NO2Si. The van der Waals surface area contributed by atoms with Gasteiger partial charge < -0.3 is 4.74 Å². The van der Waals surface area contributed by atoms with Crippen molar-refractivity contribution >= 4 is 14.0 Å². The first-order valence-electron chi connectivity index (χ1n) is 7.55. The van der Waals surface area contributed by atoms with Gasteiger partial charge in [-0.1, -0.05) is 31.8 Å². The van der Waals surface area contributed by atoms with E-state index >= 15 is 0 Å². The maximum atomic E-state index is 12.6. The van der Waals surface area contributed by atoms with Gasteiger partial charge in [0.05, 0.1) is 26.8 Å². The fourth-order valence-corrected chi connectivity index (χ4v) is 3.85. The molecular weight excluding hydrogens is 323 g/mol. The average Bonchev–Trinajstić information content (AvgIpc) is 2.36. The number of hydrogen-bond acceptors (Lipinski definition) is 3. The second kappa shape index (κ2) is 7.96. The molecule has 0 bridgehead atoms. The minimum Gasteiger partial charge on any atom is -0.465 e. The first kappa shape index (κ1) is 19.7. The number of ether oxygens (including phenoxy) is 1. The number of rotatable bonds is 7. The smallest absolute Gasteiger partial charge is 0.416 e. The molecule has 1 aromatic rings. The van der Waals surface area contributed by atoms with Crippen LogP contribution in [0.1, 0.15) is 18.1 Å². The van der Waals surface area contributed by atoms with Gasteiger partial charge in [0, 0.05) is 6.54 Å². The third kappa shape index (κ3) is 7.65. The van der Waals surface area contributed by atoms with Crippen molar-refractivity contribution in [3.63, 3.8) is 0 Å². The molecule has 0 aliphatic heterocycles. The highest BCUT2D eigenvalue weighted by Crippen LogP contribution is 2.29. The Balaban J connectivity index is 2.81. The normalized spacial score (nSPS) is 12.5. The first-order valence-corrected chi connectivity index (χ1v) is 11.3. The van der Waals surface area contributed by atoms with Crippen LogP contribution >= 0.6 is 0 Å². The molecule has 0 fully saturated rings. The number of carbonyl (C=O) groups excluding carboxylic acids is 1. The van der Waals surface area contributed by atoms with E-state index in [4.69, 9.17) is 4.74 Å². The van der Waals surface area contributed by atoms with Gasteiger partial charge in [0.2, 0.25) is 0 Å². The fraction of sp³-hybridized carbons (Fsp3) is 0.562. The van der Waals surface area contributed by atoms with Crippen molar-refractivity contribution in [2.24, 2.45) is 0 Å². The predicted octanol–water partition coefficient (Wildman–Crippen LogP) is 3.95. The van der Waals surface area contributed by atoms with E-state index in [-0.39, 0.29) is 12.5 Å². The molecule has 0 atom stereocenters. The molecule has 0 radical (unpaired) electrons. The summed E-state index contributed by atoms with van der Waals surface area (Å²) in [6, 6.07) is 5.08. The van der Waals surface area contributed by atoms with Crippen molar-refractivity contribution in [2.45, 2.75) is 39.3 Å². The van der Waals surface area contributed by atoms with Crippen molar-refractivity contribution in [1.82, 2.24) is 4.90 Å². The van der Waals surface area contributed by atoms with Gasteiger partial charge in [-0.15, -0.1) is 0 Å². The highest BCUT2D eigenvalue weighted by Gasteiger charge is 2.30. The Kier molecular flexibility index (Phi) is 6.82. The van der Waals surface area contributed by atoms with Crippen molar-refractivity contribution in [1.29, 1.82) is 0 Å². The summed E-state index contributed by atoms with van der Waals surface area (Å²) in [5, 5.41) is 0. The number of carbonyl (C=O) groups is 1. The summed E-state index contributed by atoms with van der Waals surface area (Å²) in [6.45, 7) is 9.19. The number of nitrogens with zero attached hydrogens (tertiary/aromatic N) is 1. The summed E-state index contributed by atoms with van der Waals surface area (Å²) in [4.78, 5) is 13.7. The summed E-state index contributed by atoms with van der Waals surface area (Å²) in [5.41, 5.74) is 0.0870. The minimum atomic E-state index is -4.33. The molecule has 0 saturated carbocycles. The Labute approximate surface area is 136 Å². The van der Waals surface area contributed by atoms with E-state index in [9.17, 15) is 18.0 Å². The van der Waals surface area contributed by atoms with Crippen LogP contribution in [-0.2, 0) is 22.3 Å². The SMILES string of the molecule is CCOC(=O)CN(Cc1ccc(C(F)(F)F)cc1)C[Si](C)(C)C. The van der Waals surface area contributed by atoms with E-state index < -0.39 is 19.8 Å². The summed E-state index contributed by atoms with van der Waals surface area (Å²) in [6.07, 6.45) is -3.56. The van der Waals surface area contributed by atoms with Crippen molar-refractivity contribution in [2.75, 3.05) is 19.3 Å². The quantitative estimate of drug-likeness (QED) is 0.552. The van der Waals surface area contributed by atoms with Crippen molar-refractivity contribution < 1.29 is 22.7 Å². The van der Waals surface area contributed by atoms with E-state index in [1.807, 2.05) is 4.90 Å². The first-order chi connectivity index (χ1) is 10.5. The molecule has 0 aliphatic rings. The zero-order valence-electron chi connectivity index (χ0n) is 14.0. The molecule has 1 rings (SSSR count). The van der Waals surface area contributed by atoms with E-state index in [0.29, 0.717) is 13.2 Å². The summed E-state index contributed by atoms with van der Waals surface area (Å²) in [5.74, 6) is -0.308. The molecule has 0 aromatic heterocycles. The second-order valence-corrected chi connectivity index (χ2v) is 12.1. The summed E-state index contributed by atoms with van der Waals surface area (Å²) in [7, 11) is -1.47. The summed E-state index contributed by atoms with van der Waals surface area (Å²) >= 11 is 0. The molecule has 0 heterocycles. The molecule has 0 aliphatic carbocycles. The van der Waals surface area contributed by atoms with Crippen molar-refractivity contribution in [3.05, 3.63) is 35.4 Å². The van der Waals surface area contributed by atoms with E-state index in [0.717, 1.165) is 23.9 Å². The van der Waals surface area contributed by atoms with Gasteiger partial charge >= 0.3 is 12.1 Å². The lowest BCUT2D eigenvalue weighted by Crippen LogP contribution is -2.42. The zero-order valence-corrected chi connectivity index (χ0v) is 15.0. The second-order valence-electron chi connectivity index (χ2n) is 6.71. The lowest BCUT2D eigenvalue weighted by Gasteiger charge is -2.28. The maximum absolute atomic E-state index is 12.6. The molecule has 130 valence electrons. The highest BCUT2D eigenvalue weighted by atomic mass is 28.3. The average molecular weight is 347 g/mol. The molecule has 0 N–H and O–H groups in total. The number of halogens is 3. The molecule has 23 heavy (non-hydrogen) atoms. The highest BCUT2D eigenvalue weighted by molar-refractivity contribution is 6.76. The lowest BCUT2D eigenvalue weighted by molar-refractivity contribution is -0.144. The molecule has 7 heteroatoms. The van der Waals surface area contributed by atoms with Crippen LogP contribution in [0.4, 0.5) is 13.2 Å². The molecule has 0 unspecified atom stereocenters. The molecule has 3 nitrogen and oxygen atoms in total. The minimum absolute atomic E-state index is 0.152. The predicted molar refractivity (Wildman–Crippen MR) is 86.7 cm³/mol. The van der Waals surface area contributed by atoms with Crippen LogP contribution in [-0.4, -0.2) is 38.3 Å². The molecule has 0 spiro atoms. The van der Waals surface area contributed by atoms with Crippen LogP contribution in [0.15, 0.2) is 24.3 Å². The molecule has 0 amide bonds. The third-order valence-corrected chi connectivity index (χ3v) is 4.44. The Hall–Kier alpha value is -1.34. The Morgan fingerprint density at radius 1 is 1.17 bits per heavy atom. The van der Waals surface area contributed by atoms with Gasteiger partial charge in [-0.2, -0.15) is 13.2 Å². The number of esters is 1. The monoisotopic (exact) mass is 347 g/mol. The van der Waals surface area contributed by atoms with Gasteiger partial charge in [-0.25, -0.2) is 0 Å². The van der Waals surface area contributed by atoms with Crippen LogP contribution in [0.2, 0.25) is 19.6 Å². The summed E-state index contributed by atoms with van der Waals surface area (Å²) < 4.78 is 42.8. The Morgan fingerprint density at radius 3 is 2.17 bits per heavy atom. The van der Waals surface area contributed by atoms with E-state index in [1.54, 1.807) is 6.92 Å². The third-order valence-electron chi connectivity index (χ3n) is 3.04. The molecule has 0 saturated heterocycles. The maximum Gasteiger partial charge on any atom is 0.416 e. The number of benzene rings is 1. The van der Waals surface area contributed by atoms with Crippen LogP contribution in [0.25, 0.3) is 0 Å². The van der Waals surface area contributed by atoms with Gasteiger partial charge in [0.1, 0.15) is 0 Å². The Bertz CT molecular complexity index is 510. The van der Waals surface area contributed by atoms with Crippen LogP contribution in [0, 0.1) is 0 Å².